The van der Waals surface area contributed by atoms with Crippen LogP contribution < -0.4 is 10.1 Å². The normalized spacial score (nSPS) is 26.0. The monoisotopic (exact) mass is 479 g/mol. The van der Waals surface area contributed by atoms with Crippen molar-refractivity contribution in [2.45, 2.75) is 50.0 Å². The lowest BCUT2D eigenvalue weighted by Crippen LogP contribution is -2.37. The maximum atomic E-state index is 13.5. The number of carbonyl (C=O) groups excluding carboxylic acids is 1. The molecule has 1 N–H and O–H groups in total. The molecule has 182 valence electrons. The highest BCUT2D eigenvalue weighted by Gasteiger charge is 2.55. The van der Waals surface area contributed by atoms with Crippen LogP contribution in [-0.4, -0.2) is 23.2 Å². The molecule has 3 aliphatic carbocycles. The number of methoxy groups -OCH3 is 1. The minimum atomic E-state index is -0.656. The van der Waals surface area contributed by atoms with E-state index in [9.17, 15) is 13.6 Å². The van der Waals surface area contributed by atoms with Crippen LogP contribution in [0.2, 0.25) is 0 Å². The molecule has 0 unspecified atom stereocenters. The topological polar surface area (TPSA) is 77.2 Å². The second-order valence-electron chi connectivity index (χ2n) is 10.1. The molecule has 0 saturated heterocycles. The Morgan fingerprint density at radius 1 is 1.11 bits per heavy atom. The summed E-state index contributed by atoms with van der Waals surface area (Å²) in [5, 5.41) is 7.26. The van der Waals surface area contributed by atoms with Crippen molar-refractivity contribution in [3.63, 3.8) is 0 Å². The average molecular weight is 480 g/mol. The number of benzene rings is 2. The van der Waals surface area contributed by atoms with Crippen LogP contribution in [0.5, 0.6) is 5.75 Å². The highest BCUT2D eigenvalue weighted by Crippen LogP contribution is 2.57. The molecule has 6 rings (SSSR count). The molecule has 6 nitrogen and oxygen atoms in total. The number of halogens is 2. The van der Waals surface area contributed by atoms with E-state index in [2.05, 4.69) is 10.5 Å². The minimum Gasteiger partial charge on any atom is -0.497 e. The van der Waals surface area contributed by atoms with Crippen molar-refractivity contribution in [1.29, 1.82) is 0 Å². The highest BCUT2D eigenvalue weighted by atomic mass is 19.1. The molecule has 3 fully saturated rings. The second-order valence-corrected chi connectivity index (χ2v) is 10.1. The standard InChI is InChI=1S/C27H27F2N3O3/c1-34-21-6-4-18(5-7-21)27(8-9-27)26-31-25(35-32-26)23-17-3-2-16(12-17)22(23)24(33)30-14-15-10-19(28)13-20(29)11-15/h4-7,10-11,13,16-17,22-23H,2-3,8-9,12,14H2,1H3,(H,30,33)/t16-,17+,22-,23-/m0/s1. The molecular weight excluding hydrogens is 452 g/mol. The van der Waals surface area contributed by atoms with Gasteiger partial charge in [-0.2, -0.15) is 4.98 Å². The number of amides is 1. The highest BCUT2D eigenvalue weighted by molar-refractivity contribution is 5.80. The Hall–Kier alpha value is -3.29. The van der Waals surface area contributed by atoms with Gasteiger partial charge in [-0.3, -0.25) is 4.79 Å². The summed E-state index contributed by atoms with van der Waals surface area (Å²) >= 11 is 0. The Morgan fingerprint density at radius 2 is 1.83 bits per heavy atom. The lowest BCUT2D eigenvalue weighted by molar-refractivity contribution is -0.127. The summed E-state index contributed by atoms with van der Waals surface area (Å²) in [5.41, 5.74) is 1.28. The molecule has 0 spiro atoms. The first-order chi connectivity index (χ1) is 17.0. The van der Waals surface area contributed by atoms with Gasteiger partial charge in [0.2, 0.25) is 11.8 Å². The van der Waals surface area contributed by atoms with Crippen LogP contribution >= 0.6 is 0 Å². The molecule has 3 saturated carbocycles. The molecule has 2 aromatic carbocycles. The van der Waals surface area contributed by atoms with E-state index in [1.807, 2.05) is 24.3 Å². The molecule has 3 aromatic rings. The molecule has 1 heterocycles. The van der Waals surface area contributed by atoms with Crippen molar-refractivity contribution in [2.75, 3.05) is 7.11 Å². The van der Waals surface area contributed by atoms with E-state index in [0.29, 0.717) is 23.2 Å². The molecule has 8 heteroatoms. The van der Waals surface area contributed by atoms with Gasteiger partial charge in [0.1, 0.15) is 17.4 Å². The molecule has 1 amide bonds. The first-order valence-corrected chi connectivity index (χ1v) is 12.2. The van der Waals surface area contributed by atoms with Crippen LogP contribution in [0.3, 0.4) is 0 Å². The SMILES string of the molecule is COc1ccc(C2(c3noc([C@H]4[C@@H]5CC[C@@H](C5)[C@@H]4C(=O)NCc4cc(F)cc(F)c4)n3)CC2)cc1. The lowest BCUT2D eigenvalue weighted by Gasteiger charge is -2.27. The zero-order valence-electron chi connectivity index (χ0n) is 19.5. The first kappa shape index (κ1) is 22.2. The van der Waals surface area contributed by atoms with E-state index in [1.54, 1.807) is 7.11 Å². The Labute approximate surface area is 202 Å². The number of ether oxygens (including phenoxy) is 1. The van der Waals surface area contributed by atoms with Crippen molar-refractivity contribution in [1.82, 2.24) is 15.5 Å². The van der Waals surface area contributed by atoms with E-state index in [4.69, 9.17) is 14.2 Å². The van der Waals surface area contributed by atoms with Gasteiger partial charge in [-0.25, -0.2) is 8.78 Å². The zero-order valence-corrected chi connectivity index (χ0v) is 19.5. The van der Waals surface area contributed by atoms with Gasteiger partial charge in [-0.15, -0.1) is 0 Å². The Bertz CT molecular complexity index is 1230. The third-order valence-corrected chi connectivity index (χ3v) is 8.16. The van der Waals surface area contributed by atoms with Gasteiger partial charge in [0.05, 0.1) is 24.4 Å². The van der Waals surface area contributed by atoms with Crippen molar-refractivity contribution < 1.29 is 22.8 Å². The summed E-state index contributed by atoms with van der Waals surface area (Å²) in [6.07, 6.45) is 4.88. The predicted octanol–water partition coefficient (Wildman–Crippen LogP) is 4.88. The fraction of sp³-hybridized carbons (Fsp3) is 0.444. The van der Waals surface area contributed by atoms with Crippen LogP contribution in [0, 0.1) is 29.4 Å². The average Bonchev–Trinajstić information content (AvgIpc) is 3.19. The molecule has 2 bridgehead atoms. The number of fused-ring (bicyclic) bond motifs is 2. The van der Waals surface area contributed by atoms with Crippen molar-refractivity contribution in [3.8, 4) is 5.75 Å². The van der Waals surface area contributed by atoms with Crippen LogP contribution in [0.25, 0.3) is 0 Å². The summed E-state index contributed by atoms with van der Waals surface area (Å²) in [7, 11) is 1.64. The molecule has 1 aromatic heterocycles. The summed E-state index contributed by atoms with van der Waals surface area (Å²) in [6.45, 7) is 0.0732. The van der Waals surface area contributed by atoms with Gasteiger partial charge in [-0.1, -0.05) is 17.3 Å². The molecular formula is C27H27F2N3O3. The third-order valence-electron chi connectivity index (χ3n) is 8.16. The zero-order chi connectivity index (χ0) is 24.2. The molecule has 4 atom stereocenters. The Kier molecular flexibility index (Phi) is 5.34. The lowest BCUT2D eigenvalue weighted by atomic mass is 9.78. The van der Waals surface area contributed by atoms with E-state index in [1.165, 1.54) is 12.1 Å². The smallest absolute Gasteiger partial charge is 0.230 e. The van der Waals surface area contributed by atoms with Crippen molar-refractivity contribution in [3.05, 3.63) is 76.9 Å². The maximum absolute atomic E-state index is 13.5. The summed E-state index contributed by atoms with van der Waals surface area (Å²) in [4.78, 5) is 18.1. The predicted molar refractivity (Wildman–Crippen MR) is 123 cm³/mol. The van der Waals surface area contributed by atoms with Crippen molar-refractivity contribution >= 4 is 5.91 Å². The Balaban J connectivity index is 1.22. The number of rotatable bonds is 7. The van der Waals surface area contributed by atoms with Gasteiger partial charge in [0.15, 0.2) is 5.82 Å². The second kappa shape index (κ2) is 8.43. The van der Waals surface area contributed by atoms with Gasteiger partial charge in [-0.05, 0) is 79.3 Å². The summed E-state index contributed by atoms with van der Waals surface area (Å²) in [5.74, 6) is 0.736. The van der Waals surface area contributed by atoms with Crippen LogP contribution in [0.1, 0.15) is 60.9 Å². The number of aromatic nitrogens is 2. The van der Waals surface area contributed by atoms with Crippen LogP contribution in [0.4, 0.5) is 8.78 Å². The van der Waals surface area contributed by atoms with Crippen LogP contribution in [-0.2, 0) is 16.8 Å². The third kappa shape index (κ3) is 3.89. The molecule has 35 heavy (non-hydrogen) atoms. The van der Waals surface area contributed by atoms with Gasteiger partial charge in [0.25, 0.3) is 0 Å². The molecule has 0 aliphatic heterocycles. The molecule has 0 radical (unpaired) electrons. The summed E-state index contributed by atoms with van der Waals surface area (Å²) in [6, 6.07) is 11.3. The Morgan fingerprint density at radius 3 is 2.51 bits per heavy atom. The fourth-order valence-corrected chi connectivity index (χ4v) is 6.29. The fourth-order valence-electron chi connectivity index (χ4n) is 6.29. The van der Waals surface area contributed by atoms with Gasteiger partial charge < -0.3 is 14.6 Å². The van der Waals surface area contributed by atoms with Crippen molar-refractivity contribution in [2.24, 2.45) is 17.8 Å². The van der Waals surface area contributed by atoms with Gasteiger partial charge in [0, 0.05) is 12.6 Å². The number of carbonyl (C=O) groups is 1. The number of nitrogens with zero attached hydrogens (tertiary/aromatic N) is 2. The largest absolute Gasteiger partial charge is 0.497 e. The van der Waals surface area contributed by atoms with E-state index in [-0.39, 0.29) is 35.6 Å². The number of hydrogen-bond donors (Lipinski definition) is 1. The van der Waals surface area contributed by atoms with E-state index >= 15 is 0 Å². The van der Waals surface area contributed by atoms with Crippen LogP contribution in [0.15, 0.2) is 47.0 Å². The van der Waals surface area contributed by atoms with E-state index in [0.717, 1.165) is 49.5 Å². The molecule has 3 aliphatic rings. The summed E-state index contributed by atoms with van der Waals surface area (Å²) < 4.78 is 38.2. The quantitative estimate of drug-likeness (QED) is 0.523. The number of nitrogens with one attached hydrogen (secondary N) is 1. The van der Waals surface area contributed by atoms with Gasteiger partial charge >= 0.3 is 0 Å². The first-order valence-electron chi connectivity index (χ1n) is 12.2. The minimum absolute atomic E-state index is 0.0732. The number of hydrogen-bond acceptors (Lipinski definition) is 5. The van der Waals surface area contributed by atoms with E-state index < -0.39 is 11.6 Å². The maximum Gasteiger partial charge on any atom is 0.230 e.